The van der Waals surface area contributed by atoms with E-state index in [1.54, 1.807) is 19.9 Å². The number of halogens is 1. The molecule has 0 radical (unpaired) electrons. The second kappa shape index (κ2) is 7.31. The summed E-state index contributed by atoms with van der Waals surface area (Å²) in [5.74, 6) is -2.94. The highest BCUT2D eigenvalue weighted by molar-refractivity contribution is 6.01. The molecule has 4 aliphatic carbocycles. The Morgan fingerprint density at radius 1 is 1.24 bits per heavy atom. The van der Waals surface area contributed by atoms with Gasteiger partial charge in [-0.15, -0.1) is 0 Å². The largest absolute Gasteiger partial charge is 0.458 e. The van der Waals surface area contributed by atoms with Gasteiger partial charge in [-0.2, -0.15) is 0 Å². The third kappa shape index (κ3) is 3.00. The Labute approximate surface area is 198 Å². The number of rotatable bonds is 3. The minimum Gasteiger partial charge on any atom is -0.458 e. The Bertz CT molecular complexity index is 1020. The maximum Gasteiger partial charge on any atom is 0.303 e. The molecule has 7 nitrogen and oxygen atoms in total. The first-order chi connectivity index (χ1) is 15.7. The van der Waals surface area contributed by atoms with Gasteiger partial charge in [-0.3, -0.25) is 14.4 Å². The Kier molecular flexibility index (Phi) is 5.12. The van der Waals surface area contributed by atoms with Crippen LogP contribution < -0.4 is 0 Å². The number of alkyl halides is 1. The van der Waals surface area contributed by atoms with Crippen molar-refractivity contribution in [2.45, 2.75) is 83.6 Å². The maximum absolute atomic E-state index is 15.6. The van der Waals surface area contributed by atoms with Crippen LogP contribution in [-0.4, -0.2) is 59.0 Å². The number of ketones is 2. The summed E-state index contributed by atoms with van der Waals surface area (Å²) < 4.78 is 33.2. The number of Topliss-reactive ketones (excluding diaryl/α,β-unsaturated/α-hetero) is 1. The molecule has 1 heterocycles. The van der Waals surface area contributed by atoms with Gasteiger partial charge >= 0.3 is 5.97 Å². The van der Waals surface area contributed by atoms with Crippen LogP contribution in [0.5, 0.6) is 0 Å². The van der Waals surface area contributed by atoms with Gasteiger partial charge in [0.05, 0.1) is 12.2 Å². The van der Waals surface area contributed by atoms with Crippen LogP contribution in [-0.2, 0) is 28.6 Å². The molecular weight excluding hydrogens is 443 g/mol. The predicted molar refractivity (Wildman–Crippen MR) is 118 cm³/mol. The molecule has 5 rings (SSSR count). The van der Waals surface area contributed by atoms with E-state index in [0.29, 0.717) is 12.0 Å². The zero-order chi connectivity index (χ0) is 24.8. The third-order valence-electron chi connectivity index (χ3n) is 9.29. The molecule has 34 heavy (non-hydrogen) atoms. The van der Waals surface area contributed by atoms with Crippen molar-refractivity contribution in [2.75, 3.05) is 6.61 Å². The lowest BCUT2D eigenvalue weighted by molar-refractivity contribution is -0.227. The lowest BCUT2D eigenvalue weighted by Crippen LogP contribution is -2.64. The van der Waals surface area contributed by atoms with Crippen molar-refractivity contribution in [3.8, 4) is 0 Å². The Hall–Kier alpha value is -1.90. The normalized spacial score (nSPS) is 48.3. The summed E-state index contributed by atoms with van der Waals surface area (Å²) in [5, 5.41) is 11.6. The molecule has 0 aromatic heterocycles. The monoisotopic (exact) mass is 476 g/mol. The number of fused-ring (bicyclic) bond motifs is 7. The van der Waals surface area contributed by atoms with Crippen molar-refractivity contribution in [3.05, 3.63) is 23.8 Å². The molecule has 0 bridgehead atoms. The van der Waals surface area contributed by atoms with E-state index in [9.17, 15) is 19.5 Å². The Morgan fingerprint density at radius 2 is 1.94 bits per heavy atom. The smallest absolute Gasteiger partial charge is 0.303 e. The van der Waals surface area contributed by atoms with E-state index in [2.05, 4.69) is 0 Å². The zero-order valence-corrected chi connectivity index (χ0v) is 20.3. The van der Waals surface area contributed by atoms with Crippen LogP contribution in [0.3, 0.4) is 0 Å². The first kappa shape index (κ1) is 23.8. The van der Waals surface area contributed by atoms with Crippen molar-refractivity contribution in [3.63, 3.8) is 0 Å². The van der Waals surface area contributed by atoms with Gasteiger partial charge in [0.15, 0.2) is 23.8 Å². The molecule has 1 aliphatic heterocycles. The minimum atomic E-state index is -1.41. The quantitative estimate of drug-likeness (QED) is 0.626. The van der Waals surface area contributed by atoms with E-state index in [0.717, 1.165) is 0 Å². The first-order valence-corrected chi connectivity index (χ1v) is 12.1. The average Bonchev–Trinajstić information content (AvgIpc) is 3.13. The fourth-order valence-electron chi connectivity index (χ4n) is 8.21. The second-order valence-electron chi connectivity index (χ2n) is 11.6. The molecule has 4 fully saturated rings. The number of hydrogen-bond acceptors (Lipinski definition) is 7. The highest BCUT2D eigenvalue weighted by Crippen LogP contribution is 2.70. The van der Waals surface area contributed by atoms with E-state index in [1.165, 1.54) is 19.1 Å². The number of aliphatic hydroxyl groups excluding tert-OH is 1. The number of hydrogen-bond donors (Lipinski definition) is 1. The van der Waals surface area contributed by atoms with E-state index < -0.39 is 59.0 Å². The standard InChI is InChI=1S/C26H33FO7/c1-13(28)32-12-20(31)26-21(33-23(2,3)34-26)10-16-15-9-18(27)17-8-14(29)6-7-24(17,4)22(15)19(30)11-25(16,26)5/h6-8,15-16,18-19,21-22,30H,9-12H2,1-5H3/t15-,16-,18-,19-,21+,22?,24-,25-,26+/m0/s1. The maximum atomic E-state index is 15.6. The van der Waals surface area contributed by atoms with Gasteiger partial charge < -0.3 is 19.3 Å². The van der Waals surface area contributed by atoms with Gasteiger partial charge in [-0.1, -0.05) is 19.9 Å². The van der Waals surface area contributed by atoms with Crippen molar-refractivity contribution >= 4 is 17.5 Å². The topological polar surface area (TPSA) is 99.1 Å². The van der Waals surface area contributed by atoms with Crippen LogP contribution in [0.4, 0.5) is 4.39 Å². The summed E-state index contributed by atoms with van der Waals surface area (Å²) in [6.07, 6.45) is 2.70. The number of allylic oxidation sites excluding steroid dienone is 4. The molecule has 0 aromatic carbocycles. The molecular formula is C26H33FO7. The molecule has 1 unspecified atom stereocenters. The molecule has 5 aliphatic rings. The summed E-state index contributed by atoms with van der Waals surface area (Å²) in [4.78, 5) is 37.1. The predicted octanol–water partition coefficient (Wildman–Crippen LogP) is 2.85. The van der Waals surface area contributed by atoms with Gasteiger partial charge in [0, 0.05) is 23.7 Å². The third-order valence-corrected chi connectivity index (χ3v) is 9.29. The number of esters is 1. The van der Waals surface area contributed by atoms with Gasteiger partial charge in [0.25, 0.3) is 0 Å². The van der Waals surface area contributed by atoms with Crippen LogP contribution in [0, 0.1) is 28.6 Å². The van der Waals surface area contributed by atoms with Crippen molar-refractivity contribution in [1.82, 2.24) is 0 Å². The molecule has 0 amide bonds. The van der Waals surface area contributed by atoms with Crippen LogP contribution in [0.25, 0.3) is 0 Å². The summed E-state index contributed by atoms with van der Waals surface area (Å²) in [7, 11) is 0. The molecule has 0 aromatic rings. The van der Waals surface area contributed by atoms with Crippen molar-refractivity contribution in [1.29, 1.82) is 0 Å². The summed E-state index contributed by atoms with van der Waals surface area (Å²) in [6, 6.07) is 0. The highest BCUT2D eigenvalue weighted by Gasteiger charge is 2.77. The highest BCUT2D eigenvalue weighted by atomic mass is 19.1. The average molecular weight is 477 g/mol. The summed E-state index contributed by atoms with van der Waals surface area (Å²) in [6.45, 7) is 8.10. The molecule has 1 N–H and O–H groups in total. The van der Waals surface area contributed by atoms with Gasteiger partial charge in [0.2, 0.25) is 5.78 Å². The van der Waals surface area contributed by atoms with Gasteiger partial charge in [-0.05, 0) is 62.7 Å². The van der Waals surface area contributed by atoms with Crippen molar-refractivity contribution < 1.29 is 38.1 Å². The second-order valence-corrected chi connectivity index (χ2v) is 11.6. The summed E-state index contributed by atoms with van der Waals surface area (Å²) in [5.41, 5.74) is -2.63. The zero-order valence-electron chi connectivity index (χ0n) is 20.3. The molecule has 0 spiro atoms. The Balaban J connectivity index is 1.58. The van der Waals surface area contributed by atoms with Gasteiger partial charge in [0.1, 0.15) is 6.17 Å². The van der Waals surface area contributed by atoms with E-state index in [-0.39, 0.29) is 36.4 Å². The SMILES string of the molecule is CC(=O)OCC(=O)[C@@]12OC(C)(C)O[C@@H]1C[C@H]1[C@@H]3C[C@H](F)C4=CC(=O)C=C[C@]4(C)C3[C@@H](O)C[C@@]12C. The van der Waals surface area contributed by atoms with E-state index >= 15 is 4.39 Å². The van der Waals surface area contributed by atoms with Crippen LogP contribution in [0.2, 0.25) is 0 Å². The lowest BCUT2D eigenvalue weighted by Gasteiger charge is -2.60. The number of carbonyl (C=O) groups excluding carboxylic acids is 3. The Morgan fingerprint density at radius 3 is 2.62 bits per heavy atom. The molecule has 8 heteroatoms. The first-order valence-electron chi connectivity index (χ1n) is 12.1. The summed E-state index contributed by atoms with van der Waals surface area (Å²) >= 11 is 0. The number of carbonyl (C=O) groups is 3. The fraction of sp³-hybridized carbons (Fsp3) is 0.731. The lowest BCUT2D eigenvalue weighted by atomic mass is 9.46. The fourth-order valence-corrected chi connectivity index (χ4v) is 8.21. The van der Waals surface area contributed by atoms with Crippen molar-refractivity contribution in [2.24, 2.45) is 28.6 Å². The van der Waals surface area contributed by atoms with E-state index in [4.69, 9.17) is 14.2 Å². The van der Waals surface area contributed by atoms with E-state index in [1.807, 2.05) is 13.8 Å². The minimum absolute atomic E-state index is 0.161. The van der Waals surface area contributed by atoms with Crippen LogP contribution in [0.15, 0.2) is 23.8 Å². The molecule has 1 saturated heterocycles. The number of ether oxygens (including phenoxy) is 3. The van der Waals surface area contributed by atoms with Gasteiger partial charge in [-0.25, -0.2) is 4.39 Å². The van der Waals surface area contributed by atoms with Crippen LogP contribution >= 0.6 is 0 Å². The number of aliphatic hydroxyl groups is 1. The molecule has 3 saturated carbocycles. The van der Waals surface area contributed by atoms with Crippen LogP contribution in [0.1, 0.15) is 53.9 Å². The molecule has 186 valence electrons. The molecule has 9 atom stereocenters.